The summed E-state index contributed by atoms with van der Waals surface area (Å²) in [5.74, 6) is 0.659. The largest absolute Gasteiger partial charge is 0.460 e. The van der Waals surface area contributed by atoms with E-state index in [1.165, 1.54) is 19.5 Å². The third-order valence-corrected chi connectivity index (χ3v) is 6.32. The maximum atomic E-state index is 12.8. The predicted octanol–water partition coefficient (Wildman–Crippen LogP) is 1.40. The second kappa shape index (κ2) is 6.80. The molecule has 0 aromatic carbocycles. The highest BCUT2D eigenvalue weighted by Gasteiger charge is 2.33. The van der Waals surface area contributed by atoms with E-state index in [1.54, 1.807) is 12.5 Å². The predicted molar refractivity (Wildman–Crippen MR) is 104 cm³/mol. The number of nitrogens with one attached hydrogen (secondary N) is 1. The zero-order valence-corrected chi connectivity index (χ0v) is 15.9. The zero-order chi connectivity index (χ0) is 18.4. The number of aromatic nitrogens is 1. The number of rotatable bonds is 3. The molecule has 1 unspecified atom stereocenters. The molecule has 3 saturated heterocycles. The van der Waals surface area contributed by atoms with Crippen molar-refractivity contribution in [3.63, 3.8) is 0 Å². The summed E-state index contributed by atoms with van der Waals surface area (Å²) in [5.41, 5.74) is 2.28. The number of furan rings is 1. The number of anilines is 1. The van der Waals surface area contributed by atoms with Gasteiger partial charge in [-0.15, -0.1) is 0 Å². The van der Waals surface area contributed by atoms with Crippen molar-refractivity contribution in [1.29, 1.82) is 0 Å². The van der Waals surface area contributed by atoms with Crippen LogP contribution in [0.3, 0.4) is 0 Å². The molecule has 144 valence electrons. The monoisotopic (exact) mass is 369 g/mol. The normalized spacial score (nSPS) is 28.6. The van der Waals surface area contributed by atoms with E-state index < -0.39 is 0 Å². The molecule has 27 heavy (non-hydrogen) atoms. The minimum atomic E-state index is -0.0741. The van der Waals surface area contributed by atoms with E-state index in [-0.39, 0.29) is 11.9 Å². The molecule has 1 N–H and O–H groups in total. The summed E-state index contributed by atoms with van der Waals surface area (Å²) in [6, 6.07) is 2.12. The van der Waals surface area contributed by atoms with E-state index in [1.807, 2.05) is 6.07 Å². The van der Waals surface area contributed by atoms with Gasteiger partial charge in [0.15, 0.2) is 5.58 Å². The molecule has 0 spiro atoms. The van der Waals surface area contributed by atoms with E-state index in [4.69, 9.17) is 4.42 Å². The quantitative estimate of drug-likeness (QED) is 0.882. The Hall–Kier alpha value is -2.12. The average molecular weight is 369 g/mol. The SMILES string of the molecule is CN1CCN(c2coc3cnc(C(=O)N[C@@H]4C[C@@H]5CCN(C5)C4)cc23)CC1. The fraction of sp³-hybridized carbons (Fsp3) is 0.600. The molecule has 0 radical (unpaired) electrons. The molecule has 1 amide bonds. The third-order valence-electron chi connectivity index (χ3n) is 6.32. The number of fused-ring (bicyclic) bond motifs is 3. The summed E-state index contributed by atoms with van der Waals surface area (Å²) in [6.45, 7) is 7.32. The number of carbonyl (C=O) groups excluding carboxylic acids is 1. The van der Waals surface area contributed by atoms with Crippen LogP contribution in [0.15, 0.2) is 22.9 Å². The van der Waals surface area contributed by atoms with E-state index >= 15 is 0 Å². The molecule has 3 aliphatic heterocycles. The number of piperazine rings is 1. The maximum absolute atomic E-state index is 12.8. The number of pyridine rings is 1. The van der Waals surface area contributed by atoms with Gasteiger partial charge in [0.1, 0.15) is 12.0 Å². The molecule has 3 atom stereocenters. The smallest absolute Gasteiger partial charge is 0.270 e. The first-order valence-corrected chi connectivity index (χ1v) is 9.99. The number of hydrogen-bond donors (Lipinski definition) is 1. The van der Waals surface area contributed by atoms with Gasteiger partial charge in [-0.2, -0.15) is 0 Å². The summed E-state index contributed by atoms with van der Waals surface area (Å²) >= 11 is 0. The van der Waals surface area contributed by atoms with Crippen molar-refractivity contribution in [3.8, 4) is 0 Å². The molecule has 5 heterocycles. The first kappa shape index (κ1) is 17.0. The van der Waals surface area contributed by atoms with Crippen LogP contribution in [0.2, 0.25) is 0 Å². The lowest BCUT2D eigenvalue weighted by Crippen LogP contribution is -2.47. The van der Waals surface area contributed by atoms with E-state index in [9.17, 15) is 4.79 Å². The minimum absolute atomic E-state index is 0.0741. The van der Waals surface area contributed by atoms with Crippen molar-refractivity contribution in [2.75, 3.05) is 57.8 Å². The third kappa shape index (κ3) is 3.30. The van der Waals surface area contributed by atoms with E-state index in [0.717, 1.165) is 61.7 Å². The molecule has 2 aromatic rings. The van der Waals surface area contributed by atoms with Gasteiger partial charge in [0.05, 0.1) is 11.9 Å². The van der Waals surface area contributed by atoms with Crippen LogP contribution in [0.1, 0.15) is 23.3 Å². The molecule has 0 aliphatic carbocycles. The van der Waals surface area contributed by atoms with Crippen LogP contribution in [0.4, 0.5) is 5.69 Å². The Labute approximate surface area is 159 Å². The highest BCUT2D eigenvalue weighted by molar-refractivity contribution is 5.99. The molecule has 7 heteroatoms. The Kier molecular flexibility index (Phi) is 4.28. The molecule has 0 saturated carbocycles. The highest BCUT2D eigenvalue weighted by Crippen LogP contribution is 2.30. The number of hydrogen-bond acceptors (Lipinski definition) is 6. The lowest BCUT2D eigenvalue weighted by molar-refractivity contribution is 0.0904. The first-order valence-electron chi connectivity index (χ1n) is 9.99. The zero-order valence-electron chi connectivity index (χ0n) is 15.9. The average Bonchev–Trinajstić information content (AvgIpc) is 3.24. The number of piperidine rings is 1. The van der Waals surface area contributed by atoms with E-state index in [0.29, 0.717) is 5.69 Å². The van der Waals surface area contributed by atoms with Crippen LogP contribution in [-0.2, 0) is 0 Å². The van der Waals surface area contributed by atoms with Gasteiger partial charge in [-0.05, 0) is 38.4 Å². The van der Waals surface area contributed by atoms with Crippen LogP contribution in [0, 0.1) is 5.92 Å². The molecule has 5 rings (SSSR count). The fourth-order valence-corrected chi connectivity index (χ4v) is 4.76. The van der Waals surface area contributed by atoms with Gasteiger partial charge in [-0.3, -0.25) is 4.79 Å². The molecule has 2 aromatic heterocycles. The summed E-state index contributed by atoms with van der Waals surface area (Å²) in [4.78, 5) is 24.3. The van der Waals surface area contributed by atoms with Gasteiger partial charge in [0.2, 0.25) is 0 Å². The van der Waals surface area contributed by atoms with Crippen LogP contribution >= 0.6 is 0 Å². The summed E-state index contributed by atoms with van der Waals surface area (Å²) < 4.78 is 5.69. The lowest BCUT2D eigenvalue weighted by atomic mass is 9.97. The van der Waals surface area contributed by atoms with Crippen LogP contribution < -0.4 is 10.2 Å². The van der Waals surface area contributed by atoms with Gasteiger partial charge < -0.3 is 24.4 Å². The Balaban J connectivity index is 1.34. The number of carbonyl (C=O) groups is 1. The van der Waals surface area contributed by atoms with Crippen molar-refractivity contribution in [1.82, 2.24) is 20.1 Å². The topological polar surface area (TPSA) is 64.9 Å². The number of nitrogens with zero attached hydrogens (tertiary/aromatic N) is 4. The van der Waals surface area contributed by atoms with Crippen LogP contribution in [0.25, 0.3) is 11.0 Å². The van der Waals surface area contributed by atoms with Gasteiger partial charge in [0, 0.05) is 50.7 Å². The van der Waals surface area contributed by atoms with Crippen molar-refractivity contribution in [2.24, 2.45) is 5.92 Å². The molecular weight excluding hydrogens is 342 g/mol. The second-order valence-electron chi connectivity index (χ2n) is 8.30. The van der Waals surface area contributed by atoms with Gasteiger partial charge >= 0.3 is 0 Å². The summed E-state index contributed by atoms with van der Waals surface area (Å²) in [5, 5.41) is 4.18. The van der Waals surface area contributed by atoms with Gasteiger partial charge in [-0.1, -0.05) is 0 Å². The maximum Gasteiger partial charge on any atom is 0.270 e. The van der Waals surface area contributed by atoms with Crippen molar-refractivity contribution in [3.05, 3.63) is 24.2 Å². The summed E-state index contributed by atoms with van der Waals surface area (Å²) in [6.07, 6.45) is 5.83. The Bertz CT molecular complexity index is 830. The highest BCUT2D eigenvalue weighted by atomic mass is 16.3. The van der Waals surface area contributed by atoms with E-state index in [2.05, 4.69) is 32.0 Å². The van der Waals surface area contributed by atoms with Crippen LogP contribution in [0.5, 0.6) is 0 Å². The molecule has 7 nitrogen and oxygen atoms in total. The summed E-state index contributed by atoms with van der Waals surface area (Å²) in [7, 11) is 2.14. The van der Waals surface area contributed by atoms with Gasteiger partial charge in [0.25, 0.3) is 5.91 Å². The Morgan fingerprint density at radius 1 is 1.22 bits per heavy atom. The molecular formula is C20H27N5O2. The van der Waals surface area contributed by atoms with Crippen molar-refractivity contribution >= 4 is 22.6 Å². The van der Waals surface area contributed by atoms with Crippen molar-refractivity contribution in [2.45, 2.75) is 18.9 Å². The number of amides is 1. The van der Waals surface area contributed by atoms with Crippen LogP contribution in [-0.4, -0.2) is 79.6 Å². The molecule has 3 aliphatic rings. The standard InChI is InChI=1S/C20H27N5O2/c1-23-4-6-25(7-5-23)18-13-27-19-10-21-17(9-16(18)19)20(26)22-15-8-14-2-3-24(11-14)12-15/h9-10,13-15H,2-8,11-12H2,1H3,(H,22,26)/t14-,15+/m0/s1. The lowest BCUT2D eigenvalue weighted by Gasteiger charge is -2.33. The number of likely N-dealkylation sites (N-methyl/N-ethyl adjacent to an activating group) is 1. The second-order valence-corrected chi connectivity index (χ2v) is 8.30. The van der Waals surface area contributed by atoms with Crippen molar-refractivity contribution < 1.29 is 9.21 Å². The minimum Gasteiger partial charge on any atom is -0.460 e. The fourth-order valence-electron chi connectivity index (χ4n) is 4.76. The molecule has 3 fully saturated rings. The Morgan fingerprint density at radius 2 is 2.07 bits per heavy atom. The first-order chi connectivity index (χ1) is 13.2. The molecule has 2 bridgehead atoms. The Morgan fingerprint density at radius 3 is 2.89 bits per heavy atom. The van der Waals surface area contributed by atoms with Gasteiger partial charge in [-0.25, -0.2) is 4.98 Å².